The van der Waals surface area contributed by atoms with Gasteiger partial charge in [-0.15, -0.1) is 24.0 Å². The Bertz CT molecular complexity index is 1020. The summed E-state index contributed by atoms with van der Waals surface area (Å²) in [6, 6.07) is 13.2. The summed E-state index contributed by atoms with van der Waals surface area (Å²) < 4.78 is 32.9. The minimum atomic E-state index is -3.44. The van der Waals surface area contributed by atoms with E-state index in [-0.39, 0.29) is 24.0 Å². The normalized spacial score (nSPS) is 15.0. The van der Waals surface area contributed by atoms with E-state index in [0.29, 0.717) is 37.0 Å². The number of hydrogen-bond donors (Lipinski definition) is 2. The highest BCUT2D eigenvalue weighted by Crippen LogP contribution is 2.22. The Hall–Kier alpha value is -1.85. The quantitative estimate of drug-likeness (QED) is 0.301. The number of halogens is 1. The summed E-state index contributed by atoms with van der Waals surface area (Å²) in [6.07, 6.45) is 2.94. The zero-order valence-corrected chi connectivity index (χ0v) is 22.1. The van der Waals surface area contributed by atoms with E-state index in [4.69, 9.17) is 4.74 Å². The third kappa shape index (κ3) is 6.82. The Labute approximate surface area is 208 Å². The second-order valence-electron chi connectivity index (χ2n) is 7.71. The molecule has 0 aliphatic carbocycles. The molecule has 0 saturated carbocycles. The second-order valence-corrected chi connectivity index (χ2v) is 9.64. The molecule has 3 rings (SSSR count). The zero-order chi connectivity index (χ0) is 22.3. The van der Waals surface area contributed by atoms with Gasteiger partial charge in [-0.1, -0.05) is 30.7 Å². The third-order valence-corrected chi connectivity index (χ3v) is 7.32. The Morgan fingerprint density at radius 2 is 1.78 bits per heavy atom. The van der Waals surface area contributed by atoms with Gasteiger partial charge < -0.3 is 15.4 Å². The van der Waals surface area contributed by atoms with Crippen LogP contribution in [0.15, 0.2) is 52.4 Å². The summed E-state index contributed by atoms with van der Waals surface area (Å²) in [7, 11) is -0.0701. The molecule has 1 aliphatic rings. The van der Waals surface area contributed by atoms with E-state index < -0.39 is 10.0 Å². The number of piperidine rings is 1. The maximum absolute atomic E-state index is 12.9. The Balaban J connectivity index is 0.00000363. The number of hydrogen-bond acceptors (Lipinski definition) is 4. The lowest BCUT2D eigenvalue weighted by atomic mass is 10.1. The first-order valence-electron chi connectivity index (χ1n) is 10.6. The van der Waals surface area contributed by atoms with Crippen molar-refractivity contribution in [1.82, 2.24) is 14.9 Å². The molecule has 1 fully saturated rings. The van der Waals surface area contributed by atoms with E-state index in [9.17, 15) is 8.42 Å². The molecule has 32 heavy (non-hydrogen) atoms. The number of benzene rings is 2. The number of nitrogens with one attached hydrogen (secondary N) is 2. The summed E-state index contributed by atoms with van der Waals surface area (Å²) >= 11 is 0. The number of methoxy groups -OCH3 is 1. The molecule has 0 spiro atoms. The highest BCUT2D eigenvalue weighted by Gasteiger charge is 2.25. The number of ether oxygens (including phenoxy) is 1. The topological polar surface area (TPSA) is 83.0 Å². The van der Waals surface area contributed by atoms with Gasteiger partial charge in [-0.25, -0.2) is 8.42 Å². The van der Waals surface area contributed by atoms with Gasteiger partial charge >= 0.3 is 0 Å². The summed E-state index contributed by atoms with van der Waals surface area (Å²) in [5.41, 5.74) is 3.06. The Morgan fingerprint density at radius 1 is 1.06 bits per heavy atom. The molecule has 0 unspecified atom stereocenters. The van der Waals surface area contributed by atoms with Crippen LogP contribution in [0.5, 0.6) is 5.75 Å². The monoisotopic (exact) mass is 572 g/mol. The SMILES string of the molecule is CN=C(NCc1cccc(S(=O)(=O)N2CCCCC2)c1)NCc1ccc(C)cc1OC.I. The van der Waals surface area contributed by atoms with Crippen molar-refractivity contribution in [3.8, 4) is 5.75 Å². The fourth-order valence-corrected chi connectivity index (χ4v) is 5.24. The van der Waals surface area contributed by atoms with E-state index in [1.807, 2.05) is 31.2 Å². The predicted octanol–water partition coefficient (Wildman–Crippen LogP) is 3.66. The van der Waals surface area contributed by atoms with Crippen LogP contribution in [-0.2, 0) is 23.1 Å². The van der Waals surface area contributed by atoms with Gasteiger partial charge in [0.2, 0.25) is 10.0 Å². The molecule has 1 heterocycles. The zero-order valence-electron chi connectivity index (χ0n) is 18.9. The van der Waals surface area contributed by atoms with E-state index in [1.54, 1.807) is 36.7 Å². The van der Waals surface area contributed by atoms with Crippen LogP contribution in [0.25, 0.3) is 0 Å². The van der Waals surface area contributed by atoms with Crippen molar-refractivity contribution in [2.45, 2.75) is 44.2 Å². The van der Waals surface area contributed by atoms with E-state index in [1.165, 1.54) is 0 Å². The molecule has 1 saturated heterocycles. The molecule has 2 aromatic carbocycles. The molecular weight excluding hydrogens is 539 g/mol. The average molecular weight is 573 g/mol. The van der Waals surface area contributed by atoms with Crippen LogP contribution < -0.4 is 15.4 Å². The van der Waals surface area contributed by atoms with Gasteiger partial charge in [-0.3, -0.25) is 4.99 Å². The first kappa shape index (κ1) is 26.4. The Morgan fingerprint density at radius 3 is 2.47 bits per heavy atom. The maximum atomic E-state index is 12.9. The molecular formula is C23H33IN4O3S. The van der Waals surface area contributed by atoms with Gasteiger partial charge in [-0.05, 0) is 49.1 Å². The lowest BCUT2D eigenvalue weighted by Crippen LogP contribution is -2.37. The highest BCUT2D eigenvalue weighted by molar-refractivity contribution is 14.0. The first-order chi connectivity index (χ1) is 14.9. The van der Waals surface area contributed by atoms with Crippen LogP contribution >= 0.6 is 24.0 Å². The van der Waals surface area contributed by atoms with E-state index in [2.05, 4.69) is 15.6 Å². The second kappa shape index (κ2) is 12.4. The molecule has 0 bridgehead atoms. The molecule has 0 radical (unpaired) electrons. The first-order valence-corrected chi connectivity index (χ1v) is 12.0. The van der Waals surface area contributed by atoms with Crippen LogP contribution in [0.4, 0.5) is 0 Å². The van der Waals surface area contributed by atoms with Crippen molar-refractivity contribution in [2.75, 3.05) is 27.2 Å². The highest BCUT2D eigenvalue weighted by atomic mass is 127. The van der Waals surface area contributed by atoms with Crippen molar-refractivity contribution in [3.63, 3.8) is 0 Å². The number of sulfonamides is 1. The largest absolute Gasteiger partial charge is 0.496 e. The molecule has 2 N–H and O–H groups in total. The molecule has 9 heteroatoms. The predicted molar refractivity (Wildman–Crippen MR) is 139 cm³/mol. The lowest BCUT2D eigenvalue weighted by molar-refractivity contribution is 0.346. The van der Waals surface area contributed by atoms with Crippen molar-refractivity contribution in [2.24, 2.45) is 4.99 Å². The van der Waals surface area contributed by atoms with Gasteiger partial charge in [0.15, 0.2) is 5.96 Å². The van der Waals surface area contributed by atoms with Crippen LogP contribution in [0.3, 0.4) is 0 Å². The van der Waals surface area contributed by atoms with Crippen molar-refractivity contribution < 1.29 is 13.2 Å². The molecule has 176 valence electrons. The minimum absolute atomic E-state index is 0. The van der Waals surface area contributed by atoms with Gasteiger partial charge in [0, 0.05) is 38.8 Å². The number of guanidine groups is 1. The molecule has 0 aromatic heterocycles. The van der Waals surface area contributed by atoms with Crippen LogP contribution in [0, 0.1) is 6.92 Å². The third-order valence-electron chi connectivity index (χ3n) is 5.42. The summed E-state index contributed by atoms with van der Waals surface area (Å²) in [4.78, 5) is 4.61. The molecule has 7 nitrogen and oxygen atoms in total. The number of rotatable bonds is 7. The Kier molecular flexibility index (Phi) is 10.2. The average Bonchev–Trinajstić information content (AvgIpc) is 2.80. The minimum Gasteiger partial charge on any atom is -0.496 e. The fraction of sp³-hybridized carbons (Fsp3) is 0.435. The summed E-state index contributed by atoms with van der Waals surface area (Å²) in [5.74, 6) is 1.46. The van der Waals surface area contributed by atoms with Crippen molar-refractivity contribution in [1.29, 1.82) is 0 Å². The number of aliphatic imine (C=N–C) groups is 1. The van der Waals surface area contributed by atoms with E-state index in [0.717, 1.165) is 41.7 Å². The van der Waals surface area contributed by atoms with Crippen molar-refractivity contribution >= 4 is 40.0 Å². The molecule has 2 aromatic rings. The maximum Gasteiger partial charge on any atom is 0.243 e. The van der Waals surface area contributed by atoms with Gasteiger partial charge in [0.1, 0.15) is 5.75 Å². The van der Waals surface area contributed by atoms with Crippen LogP contribution in [0.1, 0.15) is 36.0 Å². The molecule has 0 atom stereocenters. The van der Waals surface area contributed by atoms with E-state index >= 15 is 0 Å². The molecule has 0 amide bonds. The van der Waals surface area contributed by atoms with Crippen LogP contribution in [-0.4, -0.2) is 45.9 Å². The smallest absolute Gasteiger partial charge is 0.243 e. The number of aryl methyl sites for hydroxylation is 1. The standard InChI is InChI=1S/C23H32N4O3S.HI/c1-18-10-11-20(22(14-18)30-3)17-26-23(24-2)25-16-19-8-7-9-21(15-19)31(28,29)27-12-5-4-6-13-27;/h7-11,14-15H,4-6,12-13,16-17H2,1-3H3,(H2,24,25,26);1H. The summed E-state index contributed by atoms with van der Waals surface area (Å²) in [5, 5.41) is 6.53. The molecule has 1 aliphatic heterocycles. The fourth-order valence-electron chi connectivity index (χ4n) is 3.65. The van der Waals surface area contributed by atoms with Gasteiger partial charge in [-0.2, -0.15) is 4.31 Å². The van der Waals surface area contributed by atoms with Crippen molar-refractivity contribution in [3.05, 3.63) is 59.2 Å². The van der Waals surface area contributed by atoms with Gasteiger partial charge in [0.05, 0.1) is 12.0 Å². The number of nitrogens with zero attached hydrogens (tertiary/aromatic N) is 2. The van der Waals surface area contributed by atoms with Crippen LogP contribution in [0.2, 0.25) is 0 Å². The van der Waals surface area contributed by atoms with Gasteiger partial charge in [0.25, 0.3) is 0 Å². The lowest BCUT2D eigenvalue weighted by Gasteiger charge is -2.26. The summed E-state index contributed by atoms with van der Waals surface area (Å²) in [6.45, 7) is 4.26.